The number of benzene rings is 1. The molecule has 1 amide bonds. The van der Waals surface area contributed by atoms with Crippen molar-refractivity contribution in [3.8, 4) is 5.75 Å². The van der Waals surface area contributed by atoms with Gasteiger partial charge in [0.1, 0.15) is 5.75 Å². The molecule has 1 unspecified atom stereocenters. The van der Waals surface area contributed by atoms with Gasteiger partial charge in [-0.25, -0.2) is 0 Å². The lowest BCUT2D eigenvalue weighted by Gasteiger charge is -2.26. The average Bonchev–Trinajstić information content (AvgIpc) is 2.37. The third-order valence-corrected chi connectivity index (χ3v) is 3.07. The second-order valence-corrected chi connectivity index (χ2v) is 4.64. The van der Waals surface area contributed by atoms with Crippen LogP contribution in [0.4, 0.5) is 0 Å². The van der Waals surface area contributed by atoms with E-state index in [0.717, 1.165) is 11.3 Å². The van der Waals surface area contributed by atoms with Gasteiger partial charge in [-0.1, -0.05) is 18.2 Å². The third-order valence-electron chi connectivity index (χ3n) is 3.07. The minimum atomic E-state index is -0.148. The molecule has 4 heteroatoms. The van der Waals surface area contributed by atoms with Crippen LogP contribution >= 0.6 is 0 Å². The zero-order valence-electron chi connectivity index (χ0n) is 11.8. The number of methoxy groups -OCH3 is 1. The van der Waals surface area contributed by atoms with Crippen LogP contribution in [-0.4, -0.2) is 50.0 Å². The molecule has 0 heterocycles. The molecular weight excluding hydrogens is 228 g/mol. The van der Waals surface area contributed by atoms with E-state index in [9.17, 15) is 4.79 Å². The first kappa shape index (κ1) is 14.5. The predicted molar refractivity (Wildman–Crippen MR) is 72.6 cm³/mol. The molecule has 0 fully saturated rings. The molecule has 0 N–H and O–H groups in total. The Bertz CT molecular complexity index is 405. The maximum absolute atomic E-state index is 11.9. The van der Waals surface area contributed by atoms with Gasteiger partial charge in [0, 0.05) is 26.2 Å². The Morgan fingerprint density at radius 3 is 2.44 bits per heavy atom. The topological polar surface area (TPSA) is 32.8 Å². The first-order chi connectivity index (χ1) is 8.47. The summed E-state index contributed by atoms with van der Waals surface area (Å²) in [6.07, 6.45) is 0. The molecule has 1 rings (SSSR count). The number of para-hydroxylation sites is 1. The average molecular weight is 250 g/mol. The van der Waals surface area contributed by atoms with Crippen LogP contribution in [0.5, 0.6) is 5.75 Å². The Morgan fingerprint density at radius 2 is 1.89 bits per heavy atom. The van der Waals surface area contributed by atoms with Gasteiger partial charge in [-0.2, -0.15) is 0 Å². The van der Waals surface area contributed by atoms with E-state index in [4.69, 9.17) is 4.74 Å². The van der Waals surface area contributed by atoms with Crippen molar-refractivity contribution >= 4 is 5.91 Å². The Kier molecular flexibility index (Phi) is 5.16. The van der Waals surface area contributed by atoms with Crippen molar-refractivity contribution in [1.82, 2.24) is 9.80 Å². The normalized spacial score (nSPS) is 12.3. The molecule has 0 bridgehead atoms. The van der Waals surface area contributed by atoms with Crippen molar-refractivity contribution in [1.29, 1.82) is 0 Å². The molecule has 1 aromatic rings. The molecule has 0 aliphatic heterocycles. The fourth-order valence-electron chi connectivity index (χ4n) is 1.80. The van der Waals surface area contributed by atoms with Crippen LogP contribution in [-0.2, 0) is 11.3 Å². The molecule has 4 nitrogen and oxygen atoms in total. The number of carbonyl (C=O) groups excluding carboxylic acids is 1. The Hall–Kier alpha value is -1.55. The molecule has 0 aliphatic carbocycles. The van der Waals surface area contributed by atoms with Crippen molar-refractivity contribution in [2.24, 2.45) is 0 Å². The lowest BCUT2D eigenvalue weighted by molar-refractivity contribution is -0.133. The number of rotatable bonds is 5. The summed E-state index contributed by atoms with van der Waals surface area (Å²) in [5.41, 5.74) is 1.08. The summed E-state index contributed by atoms with van der Waals surface area (Å²) in [7, 11) is 7.15. The molecule has 0 radical (unpaired) electrons. The molecule has 0 aromatic heterocycles. The van der Waals surface area contributed by atoms with Crippen LogP contribution in [0.1, 0.15) is 12.5 Å². The highest BCUT2D eigenvalue weighted by Crippen LogP contribution is 2.19. The summed E-state index contributed by atoms with van der Waals surface area (Å²) >= 11 is 0. The quantitative estimate of drug-likeness (QED) is 0.796. The van der Waals surface area contributed by atoms with E-state index in [1.54, 1.807) is 26.1 Å². The summed E-state index contributed by atoms with van der Waals surface area (Å²) in [4.78, 5) is 15.5. The van der Waals surface area contributed by atoms with E-state index in [1.807, 2.05) is 43.1 Å². The number of carbonyl (C=O) groups is 1. The van der Waals surface area contributed by atoms with Gasteiger partial charge in [-0.3, -0.25) is 9.69 Å². The molecule has 1 aromatic carbocycles. The SMILES string of the molecule is COc1ccccc1CN(C)C(C)C(=O)N(C)C. The predicted octanol–water partition coefficient (Wildman–Crippen LogP) is 1.60. The summed E-state index contributed by atoms with van der Waals surface area (Å²) in [6, 6.07) is 7.72. The maximum atomic E-state index is 11.9. The Labute approximate surface area is 109 Å². The molecule has 0 saturated heterocycles. The van der Waals surface area contributed by atoms with E-state index >= 15 is 0 Å². The zero-order chi connectivity index (χ0) is 13.7. The highest BCUT2D eigenvalue weighted by molar-refractivity contribution is 5.80. The van der Waals surface area contributed by atoms with Crippen LogP contribution < -0.4 is 4.74 Å². The molecule has 0 spiro atoms. The van der Waals surface area contributed by atoms with E-state index in [1.165, 1.54) is 0 Å². The Morgan fingerprint density at radius 1 is 1.28 bits per heavy atom. The summed E-state index contributed by atoms with van der Waals surface area (Å²) in [5, 5.41) is 0. The van der Waals surface area contributed by atoms with Gasteiger partial charge in [-0.15, -0.1) is 0 Å². The zero-order valence-corrected chi connectivity index (χ0v) is 11.8. The largest absolute Gasteiger partial charge is 0.496 e. The van der Waals surface area contributed by atoms with Gasteiger partial charge in [0.2, 0.25) is 5.91 Å². The second kappa shape index (κ2) is 6.40. The van der Waals surface area contributed by atoms with Crippen LogP contribution in [0.3, 0.4) is 0 Å². The fraction of sp³-hybridized carbons (Fsp3) is 0.500. The van der Waals surface area contributed by atoms with Crippen LogP contribution in [0.2, 0.25) is 0 Å². The van der Waals surface area contributed by atoms with E-state index in [2.05, 4.69) is 0 Å². The summed E-state index contributed by atoms with van der Waals surface area (Å²) < 4.78 is 5.31. The van der Waals surface area contributed by atoms with Gasteiger partial charge in [0.15, 0.2) is 0 Å². The standard InChI is InChI=1S/C14H22N2O2/c1-11(14(17)15(2)3)16(4)10-12-8-6-7-9-13(12)18-5/h6-9,11H,10H2,1-5H3. The van der Waals surface area contributed by atoms with Crippen molar-refractivity contribution < 1.29 is 9.53 Å². The first-order valence-corrected chi connectivity index (χ1v) is 6.00. The molecule has 0 aliphatic rings. The highest BCUT2D eigenvalue weighted by atomic mass is 16.5. The van der Waals surface area contributed by atoms with Gasteiger partial charge >= 0.3 is 0 Å². The van der Waals surface area contributed by atoms with Crippen molar-refractivity contribution in [3.05, 3.63) is 29.8 Å². The number of ether oxygens (including phenoxy) is 1. The van der Waals surface area contributed by atoms with E-state index in [0.29, 0.717) is 6.54 Å². The maximum Gasteiger partial charge on any atom is 0.239 e. The monoisotopic (exact) mass is 250 g/mol. The van der Waals surface area contributed by atoms with Crippen molar-refractivity contribution in [2.45, 2.75) is 19.5 Å². The van der Waals surface area contributed by atoms with Crippen LogP contribution in [0.25, 0.3) is 0 Å². The van der Waals surface area contributed by atoms with E-state index < -0.39 is 0 Å². The highest BCUT2D eigenvalue weighted by Gasteiger charge is 2.20. The van der Waals surface area contributed by atoms with Gasteiger partial charge in [0.05, 0.1) is 13.2 Å². The number of likely N-dealkylation sites (N-methyl/N-ethyl adjacent to an activating group) is 2. The van der Waals surface area contributed by atoms with Crippen molar-refractivity contribution in [3.63, 3.8) is 0 Å². The molecule has 0 saturated carbocycles. The second-order valence-electron chi connectivity index (χ2n) is 4.64. The number of amides is 1. The molecule has 18 heavy (non-hydrogen) atoms. The first-order valence-electron chi connectivity index (χ1n) is 6.00. The van der Waals surface area contributed by atoms with Gasteiger partial charge < -0.3 is 9.64 Å². The molecule has 100 valence electrons. The molecular formula is C14H22N2O2. The van der Waals surface area contributed by atoms with Crippen molar-refractivity contribution in [2.75, 3.05) is 28.3 Å². The van der Waals surface area contributed by atoms with Gasteiger partial charge in [0.25, 0.3) is 0 Å². The minimum Gasteiger partial charge on any atom is -0.496 e. The lowest BCUT2D eigenvalue weighted by atomic mass is 10.1. The van der Waals surface area contributed by atoms with Crippen LogP contribution in [0.15, 0.2) is 24.3 Å². The fourth-order valence-corrected chi connectivity index (χ4v) is 1.80. The van der Waals surface area contributed by atoms with Crippen LogP contribution in [0, 0.1) is 0 Å². The van der Waals surface area contributed by atoms with Gasteiger partial charge in [-0.05, 0) is 20.0 Å². The third kappa shape index (κ3) is 3.47. The number of hydrogen-bond donors (Lipinski definition) is 0. The minimum absolute atomic E-state index is 0.104. The summed E-state index contributed by atoms with van der Waals surface area (Å²) in [6.45, 7) is 2.60. The smallest absolute Gasteiger partial charge is 0.239 e. The Balaban J connectivity index is 2.75. The van der Waals surface area contributed by atoms with E-state index in [-0.39, 0.29) is 11.9 Å². The number of nitrogens with zero attached hydrogens (tertiary/aromatic N) is 2. The lowest BCUT2D eigenvalue weighted by Crippen LogP contribution is -2.42. The molecule has 1 atom stereocenters. The summed E-state index contributed by atoms with van der Waals surface area (Å²) in [5.74, 6) is 0.959. The number of hydrogen-bond acceptors (Lipinski definition) is 3.